The van der Waals surface area contributed by atoms with Crippen molar-refractivity contribution in [2.24, 2.45) is 0 Å². The van der Waals surface area contributed by atoms with E-state index in [4.69, 9.17) is 9.47 Å². The zero-order chi connectivity index (χ0) is 15.9. The van der Waals surface area contributed by atoms with Gasteiger partial charge in [0.25, 0.3) is 0 Å². The number of methoxy groups -OCH3 is 2. The molecule has 1 heterocycles. The lowest BCUT2D eigenvalue weighted by atomic mass is 10.1. The third-order valence-corrected chi connectivity index (χ3v) is 4.88. The zero-order valence-electron chi connectivity index (χ0n) is 13.8. The molecule has 1 aromatic carbocycles. The monoisotopic (exact) mass is 360 g/mol. The smallest absolute Gasteiger partial charge is 0.224 e. The van der Waals surface area contributed by atoms with Crippen LogP contribution in [0.2, 0.25) is 0 Å². The number of thioether (sulfide) groups is 1. The summed E-state index contributed by atoms with van der Waals surface area (Å²) in [5.41, 5.74) is 0.977. The van der Waals surface area contributed by atoms with Crippen LogP contribution < -0.4 is 14.8 Å². The molecule has 1 aromatic rings. The number of rotatable bonds is 6. The molecule has 0 aliphatic carbocycles. The molecule has 7 heteroatoms. The summed E-state index contributed by atoms with van der Waals surface area (Å²) in [7, 11) is 5.09. The SMILES string of the molecule is COc1ccc(CN(C)C(=O)CC2CSCCN2)c(OC)c1.Cl. The number of hydrogen-bond donors (Lipinski definition) is 1. The molecule has 5 nitrogen and oxygen atoms in total. The van der Waals surface area contributed by atoms with Crippen molar-refractivity contribution in [1.29, 1.82) is 0 Å². The number of nitrogens with one attached hydrogen (secondary N) is 1. The van der Waals surface area contributed by atoms with E-state index in [1.165, 1.54) is 0 Å². The standard InChI is InChI=1S/C16H24N2O3S.ClH/c1-18(16(19)8-13-11-22-7-6-17-13)10-12-4-5-14(20-2)9-15(12)21-3;/h4-5,9,13,17H,6-8,10-11H2,1-3H3;1H. The minimum absolute atomic E-state index is 0. The highest BCUT2D eigenvalue weighted by Crippen LogP contribution is 2.25. The first-order chi connectivity index (χ1) is 10.6. The molecule has 1 unspecified atom stereocenters. The summed E-state index contributed by atoms with van der Waals surface area (Å²) in [4.78, 5) is 14.1. The molecule has 1 atom stereocenters. The number of carbonyl (C=O) groups excluding carboxylic acids is 1. The summed E-state index contributed by atoms with van der Waals surface area (Å²) < 4.78 is 10.6. The van der Waals surface area contributed by atoms with Crippen LogP contribution in [0, 0.1) is 0 Å². The molecule has 1 N–H and O–H groups in total. The third kappa shape index (κ3) is 5.79. The van der Waals surface area contributed by atoms with E-state index in [0.29, 0.717) is 13.0 Å². The maximum Gasteiger partial charge on any atom is 0.224 e. The molecule has 0 bridgehead atoms. The third-order valence-electron chi connectivity index (χ3n) is 3.75. The first-order valence-electron chi connectivity index (χ1n) is 7.40. The summed E-state index contributed by atoms with van der Waals surface area (Å²) in [6.07, 6.45) is 0.544. The number of carbonyl (C=O) groups is 1. The second-order valence-electron chi connectivity index (χ2n) is 5.36. The largest absolute Gasteiger partial charge is 0.497 e. The topological polar surface area (TPSA) is 50.8 Å². The quantitative estimate of drug-likeness (QED) is 0.842. The predicted molar refractivity (Wildman–Crippen MR) is 97.0 cm³/mol. The molecular weight excluding hydrogens is 336 g/mol. The zero-order valence-corrected chi connectivity index (χ0v) is 15.5. The Bertz CT molecular complexity index is 510. The van der Waals surface area contributed by atoms with Crippen LogP contribution in [-0.4, -0.2) is 56.2 Å². The van der Waals surface area contributed by atoms with Crippen LogP contribution in [0.15, 0.2) is 18.2 Å². The van der Waals surface area contributed by atoms with Gasteiger partial charge in [0.2, 0.25) is 5.91 Å². The van der Waals surface area contributed by atoms with Crippen LogP contribution in [0.1, 0.15) is 12.0 Å². The Kier molecular flexibility index (Phi) is 8.58. The van der Waals surface area contributed by atoms with E-state index in [9.17, 15) is 4.79 Å². The van der Waals surface area contributed by atoms with Gasteiger partial charge in [0.05, 0.1) is 14.2 Å². The summed E-state index contributed by atoms with van der Waals surface area (Å²) in [6, 6.07) is 5.95. The Morgan fingerprint density at radius 3 is 2.78 bits per heavy atom. The van der Waals surface area contributed by atoms with E-state index in [2.05, 4.69) is 5.32 Å². The molecular formula is C16H25ClN2O3S. The Morgan fingerprint density at radius 2 is 2.17 bits per heavy atom. The Hall–Kier alpha value is -1.11. The fraction of sp³-hybridized carbons (Fsp3) is 0.562. The number of nitrogens with zero attached hydrogens (tertiary/aromatic N) is 1. The van der Waals surface area contributed by atoms with Crippen LogP contribution in [-0.2, 0) is 11.3 Å². The van der Waals surface area contributed by atoms with Gasteiger partial charge < -0.3 is 19.7 Å². The van der Waals surface area contributed by atoms with E-state index in [0.717, 1.165) is 35.1 Å². The van der Waals surface area contributed by atoms with Gasteiger partial charge in [0.1, 0.15) is 11.5 Å². The molecule has 0 radical (unpaired) electrons. The molecule has 1 aliphatic heterocycles. The van der Waals surface area contributed by atoms with Crippen LogP contribution >= 0.6 is 24.2 Å². The van der Waals surface area contributed by atoms with Crippen LogP contribution in [0.25, 0.3) is 0 Å². The van der Waals surface area contributed by atoms with Gasteiger partial charge in [-0.05, 0) is 12.1 Å². The lowest BCUT2D eigenvalue weighted by Gasteiger charge is -2.25. The highest BCUT2D eigenvalue weighted by molar-refractivity contribution is 7.99. The summed E-state index contributed by atoms with van der Waals surface area (Å²) in [5, 5.41) is 3.40. The van der Waals surface area contributed by atoms with Crippen molar-refractivity contribution in [2.75, 3.05) is 39.3 Å². The van der Waals surface area contributed by atoms with E-state index < -0.39 is 0 Å². The minimum atomic E-state index is 0. The highest BCUT2D eigenvalue weighted by Gasteiger charge is 2.20. The Balaban J connectivity index is 0.00000264. The summed E-state index contributed by atoms with van der Waals surface area (Å²) in [6.45, 7) is 1.52. The fourth-order valence-electron chi connectivity index (χ4n) is 2.44. The Morgan fingerprint density at radius 1 is 1.39 bits per heavy atom. The maximum absolute atomic E-state index is 12.3. The van der Waals surface area contributed by atoms with E-state index in [1.54, 1.807) is 19.1 Å². The molecule has 0 aromatic heterocycles. The van der Waals surface area contributed by atoms with Gasteiger partial charge in [0.15, 0.2) is 0 Å². The van der Waals surface area contributed by atoms with Crippen LogP contribution in [0.4, 0.5) is 0 Å². The van der Waals surface area contributed by atoms with E-state index >= 15 is 0 Å². The normalized spacial score (nSPS) is 17.1. The molecule has 1 fully saturated rings. The van der Waals surface area contributed by atoms with Gasteiger partial charge in [-0.1, -0.05) is 0 Å². The van der Waals surface area contributed by atoms with Gasteiger partial charge in [-0.2, -0.15) is 11.8 Å². The van der Waals surface area contributed by atoms with Gasteiger partial charge in [-0.15, -0.1) is 12.4 Å². The number of halogens is 1. The van der Waals surface area contributed by atoms with Crippen molar-refractivity contribution < 1.29 is 14.3 Å². The first kappa shape index (κ1) is 19.9. The molecule has 23 heavy (non-hydrogen) atoms. The molecule has 0 saturated carbocycles. The fourth-order valence-corrected chi connectivity index (χ4v) is 3.39. The average molecular weight is 361 g/mol. The van der Waals surface area contributed by atoms with Gasteiger partial charge >= 0.3 is 0 Å². The number of hydrogen-bond acceptors (Lipinski definition) is 5. The summed E-state index contributed by atoms with van der Waals surface area (Å²) >= 11 is 1.90. The summed E-state index contributed by atoms with van der Waals surface area (Å²) in [5.74, 6) is 3.77. The van der Waals surface area contributed by atoms with Crippen LogP contribution in [0.3, 0.4) is 0 Å². The van der Waals surface area contributed by atoms with Crippen molar-refractivity contribution in [1.82, 2.24) is 10.2 Å². The maximum atomic E-state index is 12.3. The second kappa shape index (κ2) is 9.90. The molecule has 2 rings (SSSR count). The van der Waals surface area contributed by atoms with Crippen molar-refractivity contribution in [3.05, 3.63) is 23.8 Å². The lowest BCUT2D eigenvalue weighted by Crippen LogP contribution is -2.41. The second-order valence-corrected chi connectivity index (χ2v) is 6.51. The van der Waals surface area contributed by atoms with Gasteiger partial charge in [-0.25, -0.2) is 0 Å². The number of benzene rings is 1. The molecule has 0 spiro atoms. The predicted octanol–water partition coefficient (Wildman–Crippen LogP) is 2.18. The lowest BCUT2D eigenvalue weighted by molar-refractivity contribution is -0.130. The average Bonchev–Trinajstić information content (AvgIpc) is 2.56. The van der Waals surface area contributed by atoms with Crippen molar-refractivity contribution in [2.45, 2.75) is 19.0 Å². The van der Waals surface area contributed by atoms with Crippen LogP contribution in [0.5, 0.6) is 11.5 Å². The minimum Gasteiger partial charge on any atom is -0.497 e. The van der Waals surface area contributed by atoms with E-state index in [-0.39, 0.29) is 24.4 Å². The van der Waals surface area contributed by atoms with Crippen molar-refractivity contribution in [3.63, 3.8) is 0 Å². The molecule has 1 saturated heterocycles. The molecule has 1 amide bonds. The van der Waals surface area contributed by atoms with Gasteiger partial charge in [-0.3, -0.25) is 4.79 Å². The van der Waals surface area contributed by atoms with Gasteiger partial charge in [0, 0.05) is 55.7 Å². The van der Waals surface area contributed by atoms with E-state index in [1.807, 2.05) is 37.0 Å². The number of amides is 1. The van der Waals surface area contributed by atoms with Crippen molar-refractivity contribution >= 4 is 30.1 Å². The Labute approximate surface area is 148 Å². The number of ether oxygens (including phenoxy) is 2. The van der Waals surface area contributed by atoms with Crippen molar-refractivity contribution in [3.8, 4) is 11.5 Å². The molecule has 1 aliphatic rings. The highest BCUT2D eigenvalue weighted by atomic mass is 35.5. The molecule has 130 valence electrons. The first-order valence-corrected chi connectivity index (χ1v) is 8.55.